The second-order valence-corrected chi connectivity index (χ2v) is 14.6. The first-order chi connectivity index (χ1) is 28.3. The summed E-state index contributed by atoms with van der Waals surface area (Å²) in [6.45, 7) is 0. The van der Waals surface area contributed by atoms with Crippen LogP contribution < -0.4 is 0 Å². The summed E-state index contributed by atoms with van der Waals surface area (Å²) in [4.78, 5) is 10.5. The molecule has 4 heterocycles. The molecule has 0 fully saturated rings. The molecule has 0 aliphatic heterocycles. The Kier molecular flexibility index (Phi) is 6.86. The third-order valence-electron chi connectivity index (χ3n) is 11.4. The van der Waals surface area contributed by atoms with Crippen molar-refractivity contribution in [3.8, 4) is 39.8 Å². The van der Waals surface area contributed by atoms with E-state index in [1.54, 1.807) is 0 Å². The second-order valence-electron chi connectivity index (χ2n) is 14.6. The van der Waals surface area contributed by atoms with E-state index in [0.29, 0.717) is 5.82 Å². The molecule has 0 aliphatic carbocycles. The van der Waals surface area contributed by atoms with E-state index in [9.17, 15) is 0 Å². The Hall–Kier alpha value is -7.76. The Balaban J connectivity index is 1.21. The molecule has 12 aromatic rings. The Morgan fingerprint density at radius 3 is 1.44 bits per heavy atom. The predicted molar refractivity (Wildman–Crippen MR) is 236 cm³/mol. The van der Waals surface area contributed by atoms with Crippen LogP contribution in [0.25, 0.3) is 105 Å². The number of hydrogen-bond acceptors (Lipinski definition) is 2. The van der Waals surface area contributed by atoms with Crippen LogP contribution in [0.4, 0.5) is 0 Å². The van der Waals surface area contributed by atoms with E-state index in [2.05, 4.69) is 190 Å². The van der Waals surface area contributed by atoms with Crippen LogP contribution >= 0.6 is 0 Å². The number of rotatable bonds is 5. The Labute approximate surface area is 328 Å². The van der Waals surface area contributed by atoms with Crippen molar-refractivity contribution < 1.29 is 0 Å². The van der Waals surface area contributed by atoms with Gasteiger partial charge in [-0.25, -0.2) is 9.97 Å². The van der Waals surface area contributed by atoms with Crippen LogP contribution in [0.1, 0.15) is 0 Å². The zero-order valence-electron chi connectivity index (χ0n) is 30.8. The first kappa shape index (κ1) is 31.6. The van der Waals surface area contributed by atoms with Crippen molar-refractivity contribution in [1.29, 1.82) is 0 Å². The predicted octanol–water partition coefficient (Wildman–Crippen LogP) is 13.1. The van der Waals surface area contributed by atoms with Crippen molar-refractivity contribution in [2.24, 2.45) is 0 Å². The summed E-state index contributed by atoms with van der Waals surface area (Å²) in [5.74, 6) is 1.51. The van der Waals surface area contributed by atoms with Gasteiger partial charge >= 0.3 is 0 Å². The van der Waals surface area contributed by atoms with Crippen molar-refractivity contribution in [2.45, 2.75) is 0 Å². The Morgan fingerprint density at radius 2 is 0.789 bits per heavy atom. The molecule has 8 aromatic carbocycles. The molecule has 266 valence electrons. The van der Waals surface area contributed by atoms with Gasteiger partial charge in [0.15, 0.2) is 5.82 Å². The highest BCUT2D eigenvalue weighted by Crippen LogP contribution is 2.43. The second kappa shape index (κ2) is 12.4. The van der Waals surface area contributed by atoms with Crippen LogP contribution in [0.5, 0.6) is 0 Å². The van der Waals surface area contributed by atoms with Gasteiger partial charge in [-0.2, -0.15) is 0 Å². The molecule has 12 rings (SSSR count). The van der Waals surface area contributed by atoms with Crippen LogP contribution in [0, 0.1) is 0 Å². The lowest BCUT2D eigenvalue weighted by Crippen LogP contribution is -2.04. The van der Waals surface area contributed by atoms with E-state index in [1.165, 1.54) is 43.4 Å². The van der Waals surface area contributed by atoms with Crippen molar-refractivity contribution >= 4 is 65.4 Å². The number of hydrogen-bond donors (Lipinski definition) is 0. The summed E-state index contributed by atoms with van der Waals surface area (Å²) in [5.41, 5.74) is 12.0. The number of fused-ring (bicyclic) bond motifs is 10. The maximum absolute atomic E-state index is 5.38. The molecule has 0 aliphatic rings. The average molecular weight is 728 g/mol. The zero-order valence-corrected chi connectivity index (χ0v) is 30.8. The van der Waals surface area contributed by atoms with Gasteiger partial charge in [0.2, 0.25) is 0 Å². The van der Waals surface area contributed by atoms with E-state index in [-0.39, 0.29) is 0 Å². The smallest absolute Gasteiger partial charge is 0.162 e. The fraction of sp³-hybridized carbons (Fsp3) is 0. The van der Waals surface area contributed by atoms with Crippen molar-refractivity contribution in [2.75, 3.05) is 0 Å². The quantitative estimate of drug-likeness (QED) is 0.177. The Bertz CT molecular complexity index is 3440. The summed E-state index contributed by atoms with van der Waals surface area (Å²) in [6.07, 6.45) is 0. The lowest BCUT2D eigenvalue weighted by atomic mass is 10.1. The highest BCUT2D eigenvalue weighted by atomic mass is 15.1. The lowest BCUT2D eigenvalue weighted by molar-refractivity contribution is 1.05. The maximum atomic E-state index is 5.38. The van der Waals surface area contributed by atoms with Gasteiger partial charge in [-0.3, -0.25) is 4.57 Å². The molecule has 0 saturated heterocycles. The molecular formula is C52H33N5. The van der Waals surface area contributed by atoms with E-state index in [1.807, 2.05) is 24.3 Å². The van der Waals surface area contributed by atoms with Gasteiger partial charge in [0, 0.05) is 60.9 Å². The summed E-state index contributed by atoms with van der Waals surface area (Å²) in [7, 11) is 0. The molecule has 57 heavy (non-hydrogen) atoms. The third-order valence-corrected chi connectivity index (χ3v) is 11.4. The van der Waals surface area contributed by atoms with Gasteiger partial charge in [-0.15, -0.1) is 0 Å². The minimum atomic E-state index is 0.686. The lowest BCUT2D eigenvalue weighted by Gasteiger charge is -2.14. The van der Waals surface area contributed by atoms with E-state index in [4.69, 9.17) is 9.97 Å². The summed E-state index contributed by atoms with van der Waals surface area (Å²) in [6, 6.07) is 71.3. The fourth-order valence-electron chi connectivity index (χ4n) is 8.98. The summed E-state index contributed by atoms with van der Waals surface area (Å²) < 4.78 is 7.21. The SMILES string of the molecule is c1ccc(-c2cc(-n3c4ccccc4c4ccc5c6ccccc6n(-c6ccc7c(c6)c6ccccc6n7-c6ccccc6)c5c43)nc(-c3ccccc3)n2)cc1. The molecule has 0 saturated carbocycles. The highest BCUT2D eigenvalue weighted by Gasteiger charge is 2.23. The molecule has 0 unspecified atom stereocenters. The van der Waals surface area contributed by atoms with Crippen LogP contribution in [-0.4, -0.2) is 23.7 Å². The van der Waals surface area contributed by atoms with Gasteiger partial charge < -0.3 is 9.13 Å². The number of benzene rings is 8. The van der Waals surface area contributed by atoms with Gasteiger partial charge in [0.05, 0.1) is 38.8 Å². The van der Waals surface area contributed by atoms with Gasteiger partial charge in [0.1, 0.15) is 5.82 Å². The van der Waals surface area contributed by atoms with Gasteiger partial charge in [-0.05, 0) is 48.5 Å². The molecule has 0 N–H and O–H groups in total. The number of nitrogens with zero attached hydrogens (tertiary/aromatic N) is 5. The van der Waals surface area contributed by atoms with E-state index >= 15 is 0 Å². The zero-order chi connectivity index (χ0) is 37.5. The standard InChI is InChI=1S/C52H33N5/c1-4-16-34(17-5-1)44-33-49(54-52(53-44)35-18-6-2-7-19-35)57-47-27-15-11-23-39(47)42-30-29-41-38-22-10-14-26-46(38)56(50(41)51(42)57)37-28-31-48-43(32-37)40-24-12-13-25-45(40)55(48)36-20-8-3-9-21-36/h1-33H. The van der Waals surface area contributed by atoms with Gasteiger partial charge in [-0.1, -0.05) is 146 Å². The average Bonchev–Trinajstić information content (AvgIpc) is 3.93. The first-order valence-corrected chi connectivity index (χ1v) is 19.3. The van der Waals surface area contributed by atoms with Gasteiger partial charge in [0.25, 0.3) is 0 Å². The molecular weight excluding hydrogens is 695 g/mol. The minimum Gasteiger partial charge on any atom is -0.309 e. The van der Waals surface area contributed by atoms with Crippen molar-refractivity contribution in [3.05, 3.63) is 200 Å². The molecule has 0 radical (unpaired) electrons. The van der Waals surface area contributed by atoms with Crippen molar-refractivity contribution in [1.82, 2.24) is 23.7 Å². The number of aromatic nitrogens is 5. The third kappa shape index (κ3) is 4.76. The normalized spacial score (nSPS) is 11.9. The fourth-order valence-corrected chi connectivity index (χ4v) is 8.98. The molecule has 5 heteroatoms. The summed E-state index contributed by atoms with van der Waals surface area (Å²) >= 11 is 0. The maximum Gasteiger partial charge on any atom is 0.162 e. The molecule has 0 atom stereocenters. The van der Waals surface area contributed by atoms with Crippen LogP contribution in [0.15, 0.2) is 200 Å². The molecule has 5 nitrogen and oxygen atoms in total. The molecule has 0 amide bonds. The topological polar surface area (TPSA) is 40.6 Å². The van der Waals surface area contributed by atoms with Crippen LogP contribution in [-0.2, 0) is 0 Å². The Morgan fingerprint density at radius 1 is 0.298 bits per heavy atom. The minimum absolute atomic E-state index is 0.686. The van der Waals surface area contributed by atoms with Crippen LogP contribution in [0.2, 0.25) is 0 Å². The van der Waals surface area contributed by atoms with E-state index in [0.717, 1.165) is 56.1 Å². The monoisotopic (exact) mass is 727 g/mol. The van der Waals surface area contributed by atoms with Crippen molar-refractivity contribution in [3.63, 3.8) is 0 Å². The van der Waals surface area contributed by atoms with Crippen LogP contribution in [0.3, 0.4) is 0 Å². The number of para-hydroxylation sites is 4. The first-order valence-electron chi connectivity index (χ1n) is 19.3. The summed E-state index contributed by atoms with van der Waals surface area (Å²) in [5, 5.41) is 7.17. The highest BCUT2D eigenvalue weighted by molar-refractivity contribution is 6.24. The van der Waals surface area contributed by atoms with E-state index < -0.39 is 0 Å². The largest absolute Gasteiger partial charge is 0.309 e. The molecule has 4 aromatic heterocycles. The molecule has 0 bridgehead atoms. The molecule has 0 spiro atoms.